The van der Waals surface area contributed by atoms with Crippen molar-refractivity contribution in [2.24, 2.45) is 5.92 Å². The lowest BCUT2D eigenvalue weighted by Gasteiger charge is -2.14. The summed E-state index contributed by atoms with van der Waals surface area (Å²) in [5.41, 5.74) is 0. The Kier molecular flexibility index (Phi) is 4.18. The van der Waals surface area contributed by atoms with E-state index in [9.17, 15) is 4.79 Å². The Labute approximate surface area is 79.0 Å². The zero-order valence-corrected chi connectivity index (χ0v) is 8.30. The summed E-state index contributed by atoms with van der Waals surface area (Å²) in [5.74, 6) is 0.526. The fourth-order valence-electron chi connectivity index (χ4n) is 1.42. The van der Waals surface area contributed by atoms with Crippen LogP contribution in [-0.4, -0.2) is 38.8 Å². The molecule has 13 heavy (non-hydrogen) atoms. The molecule has 0 saturated carbocycles. The van der Waals surface area contributed by atoms with E-state index in [1.807, 2.05) is 0 Å². The molecule has 76 valence electrons. The minimum absolute atomic E-state index is 0.0500. The molecule has 4 nitrogen and oxygen atoms in total. The normalized spacial score (nSPS) is 24.3. The SMILES string of the molecule is CNC(=O)C(C)OCC1CCNC1. The third-order valence-electron chi connectivity index (χ3n) is 2.36. The van der Waals surface area contributed by atoms with Gasteiger partial charge in [-0.1, -0.05) is 0 Å². The van der Waals surface area contributed by atoms with Crippen molar-refractivity contribution in [3.63, 3.8) is 0 Å². The first-order valence-electron chi connectivity index (χ1n) is 4.78. The molecule has 0 aromatic rings. The van der Waals surface area contributed by atoms with Crippen molar-refractivity contribution in [1.29, 1.82) is 0 Å². The first-order valence-corrected chi connectivity index (χ1v) is 4.78. The summed E-state index contributed by atoms with van der Waals surface area (Å²) in [6, 6.07) is 0. The van der Waals surface area contributed by atoms with Crippen LogP contribution in [0.25, 0.3) is 0 Å². The van der Waals surface area contributed by atoms with Gasteiger partial charge in [-0.05, 0) is 25.8 Å². The van der Waals surface area contributed by atoms with E-state index in [4.69, 9.17) is 4.74 Å². The van der Waals surface area contributed by atoms with Gasteiger partial charge in [-0.3, -0.25) is 4.79 Å². The van der Waals surface area contributed by atoms with Crippen LogP contribution in [0.1, 0.15) is 13.3 Å². The monoisotopic (exact) mass is 186 g/mol. The van der Waals surface area contributed by atoms with E-state index in [1.54, 1.807) is 14.0 Å². The van der Waals surface area contributed by atoms with Crippen molar-refractivity contribution >= 4 is 5.91 Å². The number of nitrogens with one attached hydrogen (secondary N) is 2. The second kappa shape index (κ2) is 5.19. The molecule has 0 bridgehead atoms. The van der Waals surface area contributed by atoms with Crippen LogP contribution in [0.3, 0.4) is 0 Å². The Hall–Kier alpha value is -0.610. The molecule has 2 unspecified atom stereocenters. The van der Waals surface area contributed by atoms with Crippen molar-refractivity contribution < 1.29 is 9.53 Å². The number of carbonyl (C=O) groups is 1. The van der Waals surface area contributed by atoms with Gasteiger partial charge >= 0.3 is 0 Å². The van der Waals surface area contributed by atoms with Gasteiger partial charge in [0.15, 0.2) is 0 Å². The van der Waals surface area contributed by atoms with E-state index in [1.165, 1.54) is 0 Å². The molecule has 1 aliphatic rings. The van der Waals surface area contributed by atoms with E-state index < -0.39 is 0 Å². The molecule has 1 aliphatic heterocycles. The highest BCUT2D eigenvalue weighted by atomic mass is 16.5. The zero-order valence-electron chi connectivity index (χ0n) is 8.30. The van der Waals surface area contributed by atoms with E-state index in [2.05, 4.69) is 10.6 Å². The number of rotatable bonds is 4. The van der Waals surface area contributed by atoms with Gasteiger partial charge in [0.05, 0.1) is 6.61 Å². The molecule has 1 fully saturated rings. The summed E-state index contributed by atoms with van der Waals surface area (Å²) in [6.07, 6.45) is 0.825. The highest BCUT2D eigenvalue weighted by molar-refractivity contribution is 5.79. The van der Waals surface area contributed by atoms with Crippen LogP contribution in [-0.2, 0) is 9.53 Å². The van der Waals surface area contributed by atoms with Gasteiger partial charge in [0.1, 0.15) is 6.10 Å². The Morgan fingerprint density at radius 1 is 1.77 bits per heavy atom. The third-order valence-corrected chi connectivity index (χ3v) is 2.36. The first kappa shape index (κ1) is 10.5. The Bertz CT molecular complexity index is 167. The number of likely N-dealkylation sites (N-methyl/N-ethyl adjacent to an activating group) is 1. The van der Waals surface area contributed by atoms with Gasteiger partial charge in [0.2, 0.25) is 5.91 Å². The molecule has 0 spiro atoms. The fraction of sp³-hybridized carbons (Fsp3) is 0.889. The quantitative estimate of drug-likeness (QED) is 0.636. The number of ether oxygens (including phenoxy) is 1. The van der Waals surface area contributed by atoms with Crippen molar-refractivity contribution in [2.75, 3.05) is 26.7 Å². The maximum atomic E-state index is 11.1. The minimum atomic E-state index is -0.328. The molecule has 0 aliphatic carbocycles. The number of hydrogen-bond acceptors (Lipinski definition) is 3. The van der Waals surface area contributed by atoms with Gasteiger partial charge < -0.3 is 15.4 Å². The van der Waals surface area contributed by atoms with Crippen LogP contribution in [0.2, 0.25) is 0 Å². The second-order valence-corrected chi connectivity index (χ2v) is 3.45. The maximum Gasteiger partial charge on any atom is 0.248 e. The summed E-state index contributed by atoms with van der Waals surface area (Å²) in [6.45, 7) is 4.55. The van der Waals surface area contributed by atoms with Crippen LogP contribution in [0.15, 0.2) is 0 Å². The maximum absolute atomic E-state index is 11.1. The summed E-state index contributed by atoms with van der Waals surface area (Å²) < 4.78 is 5.43. The molecule has 0 aromatic carbocycles. The number of carbonyl (C=O) groups excluding carboxylic acids is 1. The predicted molar refractivity (Wildman–Crippen MR) is 50.5 cm³/mol. The van der Waals surface area contributed by atoms with Gasteiger partial charge in [-0.25, -0.2) is 0 Å². The van der Waals surface area contributed by atoms with Crippen LogP contribution in [0, 0.1) is 5.92 Å². The van der Waals surface area contributed by atoms with Crippen molar-refractivity contribution in [1.82, 2.24) is 10.6 Å². The molecular formula is C9H18N2O2. The molecule has 1 rings (SSSR count). The average Bonchev–Trinajstić information content (AvgIpc) is 2.65. The Morgan fingerprint density at radius 3 is 3.08 bits per heavy atom. The van der Waals surface area contributed by atoms with E-state index in [0.717, 1.165) is 19.5 Å². The van der Waals surface area contributed by atoms with Crippen LogP contribution < -0.4 is 10.6 Å². The van der Waals surface area contributed by atoms with E-state index in [0.29, 0.717) is 12.5 Å². The van der Waals surface area contributed by atoms with E-state index >= 15 is 0 Å². The Morgan fingerprint density at radius 2 is 2.54 bits per heavy atom. The van der Waals surface area contributed by atoms with Crippen LogP contribution in [0.4, 0.5) is 0 Å². The Balaban J connectivity index is 2.13. The van der Waals surface area contributed by atoms with Crippen LogP contribution in [0.5, 0.6) is 0 Å². The first-order chi connectivity index (χ1) is 6.24. The number of hydrogen-bond donors (Lipinski definition) is 2. The smallest absolute Gasteiger partial charge is 0.248 e. The van der Waals surface area contributed by atoms with E-state index in [-0.39, 0.29) is 12.0 Å². The summed E-state index contributed by atoms with van der Waals surface area (Å²) in [7, 11) is 1.62. The van der Waals surface area contributed by atoms with Crippen molar-refractivity contribution in [3.05, 3.63) is 0 Å². The predicted octanol–water partition coefficient (Wildman–Crippen LogP) is -0.253. The summed E-state index contributed by atoms with van der Waals surface area (Å²) in [4.78, 5) is 11.1. The molecule has 2 N–H and O–H groups in total. The van der Waals surface area contributed by atoms with Gasteiger partial charge in [-0.2, -0.15) is 0 Å². The third kappa shape index (κ3) is 3.32. The van der Waals surface area contributed by atoms with Gasteiger partial charge in [0.25, 0.3) is 0 Å². The van der Waals surface area contributed by atoms with Crippen molar-refractivity contribution in [3.8, 4) is 0 Å². The molecule has 0 aromatic heterocycles. The minimum Gasteiger partial charge on any atom is -0.368 e. The number of amides is 1. The topological polar surface area (TPSA) is 50.4 Å². The second-order valence-electron chi connectivity index (χ2n) is 3.45. The molecule has 1 saturated heterocycles. The molecule has 0 radical (unpaired) electrons. The fourth-order valence-corrected chi connectivity index (χ4v) is 1.42. The molecule has 1 amide bonds. The lowest BCUT2D eigenvalue weighted by Crippen LogP contribution is -2.33. The lowest BCUT2D eigenvalue weighted by molar-refractivity contribution is -0.131. The largest absolute Gasteiger partial charge is 0.368 e. The molecule has 1 heterocycles. The highest BCUT2D eigenvalue weighted by Gasteiger charge is 2.17. The zero-order chi connectivity index (χ0) is 9.68. The molecule has 2 atom stereocenters. The molecule has 4 heteroatoms. The molecular weight excluding hydrogens is 168 g/mol. The lowest BCUT2D eigenvalue weighted by atomic mass is 10.1. The van der Waals surface area contributed by atoms with Gasteiger partial charge in [-0.15, -0.1) is 0 Å². The van der Waals surface area contributed by atoms with Crippen LogP contribution >= 0.6 is 0 Å². The average molecular weight is 186 g/mol. The summed E-state index contributed by atoms with van der Waals surface area (Å²) in [5, 5.41) is 5.82. The highest BCUT2D eigenvalue weighted by Crippen LogP contribution is 2.08. The summed E-state index contributed by atoms with van der Waals surface area (Å²) >= 11 is 0. The van der Waals surface area contributed by atoms with Crippen molar-refractivity contribution in [2.45, 2.75) is 19.4 Å². The standard InChI is InChI=1S/C9H18N2O2/c1-7(9(12)10-2)13-6-8-3-4-11-5-8/h7-8,11H,3-6H2,1-2H3,(H,10,12). The van der Waals surface area contributed by atoms with Gasteiger partial charge in [0, 0.05) is 13.6 Å².